The van der Waals surface area contributed by atoms with E-state index < -0.39 is 5.97 Å². The van der Waals surface area contributed by atoms with E-state index >= 15 is 0 Å². The van der Waals surface area contributed by atoms with Gasteiger partial charge in [-0.1, -0.05) is 18.5 Å². The van der Waals surface area contributed by atoms with Gasteiger partial charge in [-0.05, 0) is 30.5 Å². The van der Waals surface area contributed by atoms with E-state index in [1.807, 2.05) is 6.92 Å². The Hall–Kier alpha value is -1.09. The van der Waals surface area contributed by atoms with Gasteiger partial charge in [-0.15, -0.1) is 0 Å². The third-order valence-electron chi connectivity index (χ3n) is 2.12. The lowest BCUT2D eigenvalue weighted by atomic mass is 9.98. The summed E-state index contributed by atoms with van der Waals surface area (Å²) in [5.74, 6) is -1.10. The molecule has 0 bridgehead atoms. The van der Waals surface area contributed by atoms with Crippen molar-refractivity contribution in [1.29, 1.82) is 0 Å². The SMILES string of the molecule is CCC(Cc1ccnc(Cl)c1)C(=O)O. The molecule has 0 saturated heterocycles. The van der Waals surface area contributed by atoms with Crippen LogP contribution in [0.15, 0.2) is 18.3 Å². The van der Waals surface area contributed by atoms with Crippen LogP contribution in [0.1, 0.15) is 18.9 Å². The molecule has 0 saturated carbocycles. The van der Waals surface area contributed by atoms with Gasteiger partial charge < -0.3 is 5.11 Å². The normalized spacial score (nSPS) is 12.4. The minimum Gasteiger partial charge on any atom is -0.481 e. The number of carbonyl (C=O) groups is 1. The van der Waals surface area contributed by atoms with Crippen molar-refractivity contribution in [2.75, 3.05) is 0 Å². The van der Waals surface area contributed by atoms with Gasteiger partial charge in [0, 0.05) is 6.20 Å². The molecule has 1 rings (SSSR count). The summed E-state index contributed by atoms with van der Waals surface area (Å²) in [7, 11) is 0. The first-order valence-electron chi connectivity index (χ1n) is 4.46. The molecular weight excluding hydrogens is 202 g/mol. The molecule has 4 heteroatoms. The predicted molar refractivity (Wildman–Crippen MR) is 54.4 cm³/mol. The van der Waals surface area contributed by atoms with Crippen LogP contribution in [0.2, 0.25) is 5.15 Å². The molecule has 1 atom stereocenters. The Morgan fingerprint density at radius 2 is 2.43 bits per heavy atom. The number of aromatic nitrogens is 1. The van der Waals surface area contributed by atoms with Gasteiger partial charge in [0.05, 0.1) is 5.92 Å². The van der Waals surface area contributed by atoms with Gasteiger partial charge in [0.2, 0.25) is 0 Å². The highest BCUT2D eigenvalue weighted by molar-refractivity contribution is 6.29. The average molecular weight is 214 g/mol. The van der Waals surface area contributed by atoms with Gasteiger partial charge in [0.25, 0.3) is 0 Å². The first-order chi connectivity index (χ1) is 6.63. The highest BCUT2D eigenvalue weighted by Crippen LogP contribution is 2.14. The van der Waals surface area contributed by atoms with Gasteiger partial charge >= 0.3 is 5.97 Å². The molecule has 0 radical (unpaired) electrons. The van der Waals surface area contributed by atoms with Crippen molar-refractivity contribution in [3.8, 4) is 0 Å². The van der Waals surface area contributed by atoms with Crippen LogP contribution in [0, 0.1) is 5.92 Å². The van der Waals surface area contributed by atoms with Crippen molar-refractivity contribution in [2.45, 2.75) is 19.8 Å². The standard InChI is InChI=1S/C10H12ClNO2/c1-2-8(10(13)14)5-7-3-4-12-9(11)6-7/h3-4,6,8H,2,5H2,1H3,(H,13,14). The molecule has 0 aliphatic rings. The van der Waals surface area contributed by atoms with Crippen LogP contribution >= 0.6 is 11.6 Å². The van der Waals surface area contributed by atoms with Crippen molar-refractivity contribution in [3.63, 3.8) is 0 Å². The maximum Gasteiger partial charge on any atom is 0.306 e. The Bertz CT molecular complexity index is 328. The number of nitrogens with zero attached hydrogens (tertiary/aromatic N) is 1. The van der Waals surface area contributed by atoms with Crippen molar-refractivity contribution in [3.05, 3.63) is 29.0 Å². The van der Waals surface area contributed by atoms with Crippen molar-refractivity contribution in [2.24, 2.45) is 5.92 Å². The molecule has 1 aromatic rings. The van der Waals surface area contributed by atoms with Crippen LogP contribution < -0.4 is 0 Å². The van der Waals surface area contributed by atoms with Gasteiger partial charge in [0.15, 0.2) is 0 Å². The van der Waals surface area contributed by atoms with Gasteiger partial charge in [-0.25, -0.2) is 4.98 Å². The molecule has 76 valence electrons. The van der Waals surface area contributed by atoms with E-state index in [1.165, 1.54) is 0 Å². The maximum absolute atomic E-state index is 10.8. The molecule has 1 aromatic heterocycles. The van der Waals surface area contributed by atoms with Crippen molar-refractivity contribution >= 4 is 17.6 Å². The number of aliphatic carboxylic acids is 1. The van der Waals surface area contributed by atoms with Crippen LogP contribution in [0.5, 0.6) is 0 Å². The summed E-state index contributed by atoms with van der Waals surface area (Å²) in [5, 5.41) is 9.26. The van der Waals surface area contributed by atoms with E-state index in [-0.39, 0.29) is 5.92 Å². The summed E-state index contributed by atoms with van der Waals surface area (Å²) in [6.07, 6.45) is 2.72. The number of carboxylic acid groups (broad SMARTS) is 1. The van der Waals surface area contributed by atoms with Gasteiger partial charge in [0.1, 0.15) is 5.15 Å². The molecule has 1 unspecified atom stereocenters. The summed E-state index contributed by atoms with van der Waals surface area (Å²) in [6, 6.07) is 3.49. The minimum atomic E-state index is -0.763. The lowest BCUT2D eigenvalue weighted by Gasteiger charge is -2.09. The average Bonchev–Trinajstić information content (AvgIpc) is 2.14. The van der Waals surface area contributed by atoms with Gasteiger partial charge in [-0.2, -0.15) is 0 Å². The van der Waals surface area contributed by atoms with Crippen LogP contribution in [-0.2, 0) is 11.2 Å². The third-order valence-corrected chi connectivity index (χ3v) is 2.32. The zero-order valence-corrected chi connectivity index (χ0v) is 8.66. The van der Waals surface area contributed by atoms with Crippen LogP contribution in [0.4, 0.5) is 0 Å². The summed E-state index contributed by atoms with van der Waals surface area (Å²) in [5.41, 5.74) is 0.916. The van der Waals surface area contributed by atoms with E-state index in [4.69, 9.17) is 16.7 Å². The molecule has 1 heterocycles. The fourth-order valence-electron chi connectivity index (χ4n) is 1.26. The van der Waals surface area contributed by atoms with E-state index in [2.05, 4.69) is 4.98 Å². The maximum atomic E-state index is 10.8. The third kappa shape index (κ3) is 3.00. The van der Waals surface area contributed by atoms with E-state index in [9.17, 15) is 4.79 Å². The lowest BCUT2D eigenvalue weighted by molar-refractivity contribution is -0.141. The molecule has 0 fully saturated rings. The lowest BCUT2D eigenvalue weighted by Crippen LogP contribution is -2.15. The number of carboxylic acids is 1. The summed E-state index contributed by atoms with van der Waals surface area (Å²) >= 11 is 5.69. The zero-order chi connectivity index (χ0) is 10.6. The summed E-state index contributed by atoms with van der Waals surface area (Å²) in [4.78, 5) is 14.6. The Morgan fingerprint density at radius 3 is 2.93 bits per heavy atom. The Morgan fingerprint density at radius 1 is 1.71 bits per heavy atom. The Balaban J connectivity index is 2.72. The van der Waals surface area contributed by atoms with Crippen molar-refractivity contribution < 1.29 is 9.90 Å². The van der Waals surface area contributed by atoms with Crippen LogP contribution in [0.25, 0.3) is 0 Å². The fraction of sp³-hybridized carbons (Fsp3) is 0.400. The number of rotatable bonds is 4. The van der Waals surface area contributed by atoms with E-state index in [0.717, 1.165) is 5.56 Å². The monoisotopic (exact) mass is 213 g/mol. The number of pyridine rings is 1. The Labute approximate surface area is 87.7 Å². The number of hydrogen-bond acceptors (Lipinski definition) is 2. The smallest absolute Gasteiger partial charge is 0.306 e. The molecule has 0 aliphatic carbocycles. The first-order valence-corrected chi connectivity index (χ1v) is 4.84. The Kier molecular flexibility index (Phi) is 3.89. The van der Waals surface area contributed by atoms with E-state index in [1.54, 1.807) is 18.3 Å². The van der Waals surface area contributed by atoms with E-state index in [0.29, 0.717) is 18.0 Å². The fourth-order valence-corrected chi connectivity index (χ4v) is 1.46. The molecule has 1 N–H and O–H groups in total. The molecular formula is C10H12ClNO2. The molecule has 0 spiro atoms. The summed E-state index contributed by atoms with van der Waals surface area (Å²) < 4.78 is 0. The molecule has 3 nitrogen and oxygen atoms in total. The molecule has 0 amide bonds. The van der Waals surface area contributed by atoms with Crippen molar-refractivity contribution in [1.82, 2.24) is 4.98 Å². The van der Waals surface area contributed by atoms with Crippen LogP contribution in [0.3, 0.4) is 0 Å². The topological polar surface area (TPSA) is 50.2 Å². The van der Waals surface area contributed by atoms with Crippen LogP contribution in [-0.4, -0.2) is 16.1 Å². The summed E-state index contributed by atoms with van der Waals surface area (Å²) in [6.45, 7) is 1.86. The largest absolute Gasteiger partial charge is 0.481 e. The highest BCUT2D eigenvalue weighted by Gasteiger charge is 2.15. The quantitative estimate of drug-likeness (QED) is 0.782. The minimum absolute atomic E-state index is 0.339. The zero-order valence-electron chi connectivity index (χ0n) is 7.90. The second kappa shape index (κ2) is 4.96. The highest BCUT2D eigenvalue weighted by atomic mass is 35.5. The predicted octanol–water partition coefficient (Wildman–Crippen LogP) is 2.39. The number of halogens is 1. The number of hydrogen-bond donors (Lipinski definition) is 1. The molecule has 14 heavy (non-hydrogen) atoms. The molecule has 0 aliphatic heterocycles. The second-order valence-electron chi connectivity index (χ2n) is 3.13. The second-order valence-corrected chi connectivity index (χ2v) is 3.52. The van der Waals surface area contributed by atoms with Gasteiger partial charge in [-0.3, -0.25) is 4.79 Å². The molecule has 0 aromatic carbocycles. The first kappa shape index (κ1) is 11.0.